The number of hydrogen-bond donors (Lipinski definition) is 2. The van der Waals surface area contributed by atoms with E-state index in [-0.39, 0.29) is 5.91 Å². The molecule has 0 heterocycles. The zero-order valence-corrected chi connectivity index (χ0v) is 9.29. The van der Waals surface area contributed by atoms with Gasteiger partial charge in [0.05, 0.1) is 5.54 Å². The third kappa shape index (κ3) is 2.07. The first-order valence-corrected chi connectivity index (χ1v) is 5.17. The van der Waals surface area contributed by atoms with E-state index in [1.54, 1.807) is 0 Å². The molecule has 0 aliphatic heterocycles. The van der Waals surface area contributed by atoms with E-state index in [0.717, 1.165) is 6.42 Å². The van der Waals surface area contributed by atoms with Gasteiger partial charge in [0.25, 0.3) is 0 Å². The zero-order chi connectivity index (χ0) is 10.9. The molecule has 1 aliphatic rings. The Balaban J connectivity index is 2.61. The molecule has 1 amide bonds. The quantitative estimate of drug-likeness (QED) is 0.675. The first-order chi connectivity index (χ1) is 6.37. The van der Waals surface area contributed by atoms with Gasteiger partial charge in [0.15, 0.2) is 0 Å². The third-order valence-corrected chi connectivity index (χ3v) is 3.40. The first-order valence-electron chi connectivity index (χ1n) is 5.17. The van der Waals surface area contributed by atoms with Crippen LogP contribution in [0.4, 0.5) is 0 Å². The van der Waals surface area contributed by atoms with Crippen molar-refractivity contribution in [3.05, 3.63) is 0 Å². The molecule has 0 radical (unpaired) electrons. The average Bonchev–Trinajstić information content (AvgIpc) is 2.48. The van der Waals surface area contributed by atoms with Crippen LogP contribution in [0.5, 0.6) is 0 Å². The molecule has 14 heavy (non-hydrogen) atoms. The highest BCUT2D eigenvalue weighted by atomic mass is 16.1. The highest BCUT2D eigenvalue weighted by Crippen LogP contribution is 2.31. The Labute approximate surface area is 85.6 Å². The van der Waals surface area contributed by atoms with Crippen LogP contribution in [-0.4, -0.2) is 35.5 Å². The Kier molecular flexibility index (Phi) is 3.17. The number of carbonyl (C=O) groups is 1. The number of hydrogen-bond acceptors (Lipinski definition) is 3. The number of nitrogens with two attached hydrogens (primary N) is 2. The van der Waals surface area contributed by atoms with Crippen molar-refractivity contribution in [2.75, 3.05) is 7.05 Å². The standard InChI is InChI=1S/C10H21N3O/c1-7(2)13(3)8-4-5-10(12,6-8)9(11)14/h7-8H,4-6,12H2,1-3H3,(H2,11,14). The van der Waals surface area contributed by atoms with Gasteiger partial charge in [-0.3, -0.25) is 4.79 Å². The summed E-state index contributed by atoms with van der Waals surface area (Å²) < 4.78 is 0. The van der Waals surface area contributed by atoms with Crippen LogP contribution in [0.2, 0.25) is 0 Å². The van der Waals surface area contributed by atoms with E-state index < -0.39 is 5.54 Å². The lowest BCUT2D eigenvalue weighted by Gasteiger charge is -2.29. The monoisotopic (exact) mass is 199 g/mol. The van der Waals surface area contributed by atoms with Gasteiger partial charge in [0, 0.05) is 12.1 Å². The van der Waals surface area contributed by atoms with Gasteiger partial charge in [-0.15, -0.1) is 0 Å². The maximum atomic E-state index is 11.1. The van der Waals surface area contributed by atoms with E-state index in [9.17, 15) is 4.79 Å². The summed E-state index contributed by atoms with van der Waals surface area (Å²) in [7, 11) is 2.07. The van der Waals surface area contributed by atoms with E-state index in [0.29, 0.717) is 24.9 Å². The molecule has 0 saturated heterocycles. The lowest BCUT2D eigenvalue weighted by molar-refractivity contribution is -0.123. The summed E-state index contributed by atoms with van der Waals surface area (Å²) in [5, 5.41) is 0. The van der Waals surface area contributed by atoms with Crippen LogP contribution in [0, 0.1) is 0 Å². The summed E-state index contributed by atoms with van der Waals surface area (Å²) in [5.74, 6) is -0.364. The molecule has 0 bridgehead atoms. The van der Waals surface area contributed by atoms with Gasteiger partial charge in [0.2, 0.25) is 5.91 Å². The first kappa shape index (κ1) is 11.5. The Morgan fingerprint density at radius 1 is 1.57 bits per heavy atom. The van der Waals surface area contributed by atoms with Gasteiger partial charge < -0.3 is 16.4 Å². The fourth-order valence-electron chi connectivity index (χ4n) is 2.04. The van der Waals surface area contributed by atoms with Crippen molar-refractivity contribution >= 4 is 5.91 Å². The Morgan fingerprint density at radius 3 is 2.50 bits per heavy atom. The molecule has 1 saturated carbocycles. The van der Waals surface area contributed by atoms with E-state index in [1.165, 1.54) is 0 Å². The van der Waals surface area contributed by atoms with Gasteiger partial charge >= 0.3 is 0 Å². The van der Waals surface area contributed by atoms with Crippen molar-refractivity contribution in [2.45, 2.75) is 50.7 Å². The van der Waals surface area contributed by atoms with Crippen molar-refractivity contribution in [2.24, 2.45) is 11.5 Å². The SMILES string of the molecule is CC(C)N(C)C1CCC(N)(C(N)=O)C1. The highest BCUT2D eigenvalue weighted by Gasteiger charge is 2.42. The van der Waals surface area contributed by atoms with Crippen LogP contribution < -0.4 is 11.5 Å². The average molecular weight is 199 g/mol. The summed E-state index contributed by atoms with van der Waals surface area (Å²) in [6, 6.07) is 0.878. The van der Waals surface area contributed by atoms with Crippen LogP contribution in [0.15, 0.2) is 0 Å². The molecule has 0 aromatic rings. The van der Waals surface area contributed by atoms with Gasteiger partial charge in [-0.05, 0) is 40.2 Å². The number of primary amides is 1. The van der Waals surface area contributed by atoms with Crippen LogP contribution in [0.1, 0.15) is 33.1 Å². The van der Waals surface area contributed by atoms with E-state index >= 15 is 0 Å². The smallest absolute Gasteiger partial charge is 0.237 e. The molecular formula is C10H21N3O. The van der Waals surface area contributed by atoms with E-state index in [1.807, 2.05) is 0 Å². The minimum Gasteiger partial charge on any atom is -0.368 e. The van der Waals surface area contributed by atoms with Gasteiger partial charge in [-0.1, -0.05) is 0 Å². The van der Waals surface area contributed by atoms with Crippen molar-refractivity contribution < 1.29 is 4.79 Å². The zero-order valence-electron chi connectivity index (χ0n) is 9.29. The van der Waals surface area contributed by atoms with Crippen molar-refractivity contribution in [3.63, 3.8) is 0 Å². The number of carbonyl (C=O) groups excluding carboxylic acids is 1. The molecule has 1 fully saturated rings. The molecule has 0 aromatic carbocycles. The Bertz CT molecular complexity index is 229. The molecule has 0 spiro atoms. The number of amides is 1. The summed E-state index contributed by atoms with van der Waals surface area (Å²) in [4.78, 5) is 13.4. The molecule has 2 unspecified atom stereocenters. The van der Waals surface area contributed by atoms with Crippen molar-refractivity contribution in [3.8, 4) is 0 Å². The van der Waals surface area contributed by atoms with Gasteiger partial charge in [0.1, 0.15) is 0 Å². The molecule has 2 atom stereocenters. The molecule has 0 aromatic heterocycles. The molecule has 1 aliphatic carbocycles. The maximum absolute atomic E-state index is 11.1. The van der Waals surface area contributed by atoms with E-state index in [2.05, 4.69) is 25.8 Å². The summed E-state index contributed by atoms with van der Waals surface area (Å²) >= 11 is 0. The van der Waals surface area contributed by atoms with E-state index in [4.69, 9.17) is 11.5 Å². The molecule has 4 nitrogen and oxygen atoms in total. The topological polar surface area (TPSA) is 72.3 Å². The second-order valence-electron chi connectivity index (χ2n) is 4.68. The lowest BCUT2D eigenvalue weighted by atomic mass is 9.98. The van der Waals surface area contributed by atoms with Gasteiger partial charge in [-0.2, -0.15) is 0 Å². The summed E-state index contributed by atoms with van der Waals surface area (Å²) in [6.07, 6.45) is 2.37. The molecule has 4 heteroatoms. The molecule has 82 valence electrons. The molecule has 1 rings (SSSR count). The Morgan fingerprint density at radius 2 is 2.14 bits per heavy atom. The fourth-order valence-corrected chi connectivity index (χ4v) is 2.04. The molecular weight excluding hydrogens is 178 g/mol. The fraction of sp³-hybridized carbons (Fsp3) is 0.900. The second kappa shape index (κ2) is 3.87. The number of nitrogens with zero attached hydrogens (tertiary/aromatic N) is 1. The minimum absolute atomic E-state index is 0.364. The maximum Gasteiger partial charge on any atom is 0.237 e. The Hall–Kier alpha value is -0.610. The summed E-state index contributed by atoms with van der Waals surface area (Å²) in [6.45, 7) is 4.28. The normalized spacial score (nSPS) is 32.9. The van der Waals surface area contributed by atoms with Crippen LogP contribution >= 0.6 is 0 Å². The lowest BCUT2D eigenvalue weighted by Crippen LogP contribution is -2.51. The third-order valence-electron chi connectivity index (χ3n) is 3.40. The van der Waals surface area contributed by atoms with Crippen LogP contribution in [0.25, 0.3) is 0 Å². The predicted octanol–water partition coefficient (Wildman–Crippen LogP) is 0.0619. The number of rotatable bonds is 3. The predicted molar refractivity (Wildman–Crippen MR) is 56.7 cm³/mol. The van der Waals surface area contributed by atoms with Crippen LogP contribution in [-0.2, 0) is 4.79 Å². The van der Waals surface area contributed by atoms with Crippen molar-refractivity contribution in [1.82, 2.24) is 4.90 Å². The van der Waals surface area contributed by atoms with Gasteiger partial charge in [-0.25, -0.2) is 0 Å². The minimum atomic E-state index is -0.770. The second-order valence-corrected chi connectivity index (χ2v) is 4.68. The largest absolute Gasteiger partial charge is 0.368 e. The van der Waals surface area contributed by atoms with Crippen LogP contribution in [0.3, 0.4) is 0 Å². The van der Waals surface area contributed by atoms with Crippen molar-refractivity contribution in [1.29, 1.82) is 0 Å². The molecule has 4 N–H and O–H groups in total. The highest BCUT2D eigenvalue weighted by molar-refractivity contribution is 5.84. The summed E-state index contributed by atoms with van der Waals surface area (Å²) in [5.41, 5.74) is 10.4.